The standard InChI is InChI=1S/C40H30O/c1-40(2,3)27-15-8-14-26(24-27)36-28-16-4-6-18-30(28)38(31-19-7-5-17-29(31)36)34-22-11-21-33-32-20-9-12-25-13-10-23-35(37(25)32)41-39(33)34/h4-24H,1-3H3. The maximum absolute atomic E-state index is 6.80. The van der Waals surface area contributed by atoms with Crippen LogP contribution in [0.3, 0.4) is 0 Å². The molecule has 1 heteroatoms. The molecule has 7 aromatic carbocycles. The molecule has 0 saturated carbocycles. The number of fused-ring (bicyclic) bond motifs is 4. The summed E-state index contributed by atoms with van der Waals surface area (Å²) in [5, 5.41) is 7.36. The Labute approximate surface area is 240 Å². The van der Waals surface area contributed by atoms with Gasteiger partial charge >= 0.3 is 0 Å². The van der Waals surface area contributed by atoms with Gasteiger partial charge in [0, 0.05) is 22.1 Å². The van der Waals surface area contributed by atoms with E-state index in [0.717, 1.165) is 22.6 Å². The molecule has 0 N–H and O–H groups in total. The zero-order valence-electron chi connectivity index (χ0n) is 23.5. The first-order chi connectivity index (χ1) is 20.0. The van der Waals surface area contributed by atoms with E-state index in [4.69, 9.17) is 4.74 Å². The van der Waals surface area contributed by atoms with Crippen molar-refractivity contribution in [2.24, 2.45) is 0 Å². The molecular formula is C40H30O. The third-order valence-electron chi connectivity index (χ3n) is 8.60. The lowest BCUT2D eigenvalue weighted by Gasteiger charge is -2.25. The van der Waals surface area contributed by atoms with Crippen molar-refractivity contribution in [1.82, 2.24) is 0 Å². The monoisotopic (exact) mass is 526 g/mol. The molecule has 8 rings (SSSR count). The molecule has 0 amide bonds. The maximum Gasteiger partial charge on any atom is 0.143 e. The number of hydrogen-bond acceptors (Lipinski definition) is 1. The van der Waals surface area contributed by atoms with Crippen molar-refractivity contribution in [2.75, 3.05) is 0 Å². The average Bonchev–Trinajstić information content (AvgIpc) is 3.00. The van der Waals surface area contributed by atoms with E-state index in [-0.39, 0.29) is 5.41 Å². The van der Waals surface area contributed by atoms with Crippen molar-refractivity contribution in [3.05, 3.63) is 133 Å². The van der Waals surface area contributed by atoms with Crippen LogP contribution in [0.15, 0.2) is 127 Å². The van der Waals surface area contributed by atoms with Crippen LogP contribution in [0, 0.1) is 0 Å². The fourth-order valence-electron chi connectivity index (χ4n) is 6.65. The van der Waals surface area contributed by atoms with E-state index in [1.165, 1.54) is 60.1 Å². The highest BCUT2D eigenvalue weighted by Gasteiger charge is 2.25. The summed E-state index contributed by atoms with van der Waals surface area (Å²) in [7, 11) is 0. The topological polar surface area (TPSA) is 9.23 Å². The van der Waals surface area contributed by atoms with Crippen molar-refractivity contribution >= 4 is 32.3 Å². The van der Waals surface area contributed by atoms with E-state index in [0.29, 0.717) is 0 Å². The summed E-state index contributed by atoms with van der Waals surface area (Å²) in [5.41, 5.74) is 8.65. The summed E-state index contributed by atoms with van der Waals surface area (Å²) >= 11 is 0. The Morgan fingerprint density at radius 3 is 1.73 bits per heavy atom. The van der Waals surface area contributed by atoms with Crippen LogP contribution in [-0.4, -0.2) is 0 Å². The van der Waals surface area contributed by atoms with Crippen LogP contribution in [-0.2, 0) is 5.41 Å². The van der Waals surface area contributed by atoms with Crippen molar-refractivity contribution in [2.45, 2.75) is 26.2 Å². The zero-order chi connectivity index (χ0) is 27.7. The van der Waals surface area contributed by atoms with Gasteiger partial charge in [0.1, 0.15) is 11.5 Å². The van der Waals surface area contributed by atoms with Gasteiger partial charge in [-0.3, -0.25) is 0 Å². The molecular weight excluding hydrogens is 496 g/mol. The summed E-state index contributed by atoms with van der Waals surface area (Å²) in [5.74, 6) is 1.85. The third-order valence-corrected chi connectivity index (χ3v) is 8.60. The summed E-state index contributed by atoms with van der Waals surface area (Å²) in [6, 6.07) is 46.3. The molecule has 1 nitrogen and oxygen atoms in total. The number of rotatable bonds is 2. The molecule has 0 radical (unpaired) electrons. The first-order valence-electron chi connectivity index (χ1n) is 14.4. The molecule has 1 aliphatic rings. The summed E-state index contributed by atoms with van der Waals surface area (Å²) in [6.45, 7) is 6.84. The van der Waals surface area contributed by atoms with Crippen LogP contribution < -0.4 is 4.74 Å². The van der Waals surface area contributed by atoms with Gasteiger partial charge in [-0.1, -0.05) is 142 Å². The molecule has 0 fully saturated rings. The van der Waals surface area contributed by atoms with Gasteiger partial charge in [-0.15, -0.1) is 0 Å². The number of benzene rings is 7. The second kappa shape index (κ2) is 8.81. The second-order valence-corrected chi connectivity index (χ2v) is 12.1. The molecule has 196 valence electrons. The van der Waals surface area contributed by atoms with Gasteiger partial charge in [0.05, 0.1) is 0 Å². The van der Waals surface area contributed by atoms with Crippen molar-refractivity contribution in [3.63, 3.8) is 0 Å². The lowest BCUT2D eigenvalue weighted by molar-refractivity contribution is 0.489. The molecule has 0 unspecified atom stereocenters. The summed E-state index contributed by atoms with van der Waals surface area (Å²) < 4.78 is 6.80. The van der Waals surface area contributed by atoms with Gasteiger partial charge in [0.25, 0.3) is 0 Å². The Morgan fingerprint density at radius 2 is 1.05 bits per heavy atom. The minimum atomic E-state index is 0.0706. The fourth-order valence-corrected chi connectivity index (χ4v) is 6.65. The Bertz CT molecular complexity index is 2100. The van der Waals surface area contributed by atoms with E-state index in [1.54, 1.807) is 0 Å². The van der Waals surface area contributed by atoms with Gasteiger partial charge in [-0.05, 0) is 60.7 Å². The summed E-state index contributed by atoms with van der Waals surface area (Å²) in [6.07, 6.45) is 0. The van der Waals surface area contributed by atoms with Gasteiger partial charge < -0.3 is 4.74 Å². The SMILES string of the molecule is CC(C)(C)c1cccc(-c2c3ccccc3c(-c3cccc4c3Oc3cccc5cccc-4c35)c3ccccc23)c1. The molecule has 0 aromatic heterocycles. The lowest BCUT2D eigenvalue weighted by atomic mass is 9.82. The minimum absolute atomic E-state index is 0.0706. The fraction of sp³-hybridized carbons (Fsp3) is 0.100. The lowest BCUT2D eigenvalue weighted by Crippen LogP contribution is -2.10. The van der Waals surface area contributed by atoms with Crippen LogP contribution in [0.1, 0.15) is 26.3 Å². The average molecular weight is 527 g/mol. The quantitative estimate of drug-likeness (QED) is 0.204. The molecule has 1 aliphatic heterocycles. The highest BCUT2D eigenvalue weighted by atomic mass is 16.5. The largest absolute Gasteiger partial charge is 0.455 e. The normalized spacial score (nSPS) is 12.5. The first-order valence-corrected chi connectivity index (χ1v) is 14.4. The van der Waals surface area contributed by atoms with Crippen molar-refractivity contribution in [1.29, 1.82) is 0 Å². The predicted molar refractivity (Wildman–Crippen MR) is 174 cm³/mol. The van der Waals surface area contributed by atoms with E-state index in [2.05, 4.69) is 148 Å². The molecule has 0 bridgehead atoms. The molecule has 1 heterocycles. The highest BCUT2D eigenvalue weighted by molar-refractivity contribution is 6.22. The van der Waals surface area contributed by atoms with Crippen LogP contribution in [0.4, 0.5) is 0 Å². The minimum Gasteiger partial charge on any atom is -0.455 e. The van der Waals surface area contributed by atoms with Crippen LogP contribution in [0.2, 0.25) is 0 Å². The molecule has 0 spiro atoms. The molecule has 41 heavy (non-hydrogen) atoms. The van der Waals surface area contributed by atoms with Gasteiger partial charge in [0.2, 0.25) is 0 Å². The Morgan fingerprint density at radius 1 is 0.488 bits per heavy atom. The number of ether oxygens (including phenoxy) is 1. The van der Waals surface area contributed by atoms with Crippen molar-refractivity contribution in [3.8, 4) is 44.9 Å². The van der Waals surface area contributed by atoms with Crippen LogP contribution >= 0.6 is 0 Å². The van der Waals surface area contributed by atoms with E-state index in [1.807, 2.05) is 0 Å². The maximum atomic E-state index is 6.80. The van der Waals surface area contributed by atoms with E-state index in [9.17, 15) is 0 Å². The molecule has 0 atom stereocenters. The second-order valence-electron chi connectivity index (χ2n) is 12.1. The van der Waals surface area contributed by atoms with Crippen LogP contribution in [0.5, 0.6) is 11.5 Å². The smallest absolute Gasteiger partial charge is 0.143 e. The predicted octanol–water partition coefficient (Wildman–Crippen LogP) is 11.6. The van der Waals surface area contributed by atoms with Gasteiger partial charge in [-0.2, -0.15) is 0 Å². The molecule has 0 aliphatic carbocycles. The van der Waals surface area contributed by atoms with Gasteiger partial charge in [-0.25, -0.2) is 0 Å². The third kappa shape index (κ3) is 3.62. The Balaban J connectivity index is 1.47. The molecule has 7 aromatic rings. The Hall–Kier alpha value is -4.88. The van der Waals surface area contributed by atoms with E-state index < -0.39 is 0 Å². The van der Waals surface area contributed by atoms with Crippen LogP contribution in [0.25, 0.3) is 65.7 Å². The van der Waals surface area contributed by atoms with E-state index >= 15 is 0 Å². The highest BCUT2D eigenvalue weighted by Crippen LogP contribution is 2.53. The zero-order valence-corrected chi connectivity index (χ0v) is 23.5. The summed E-state index contributed by atoms with van der Waals surface area (Å²) in [4.78, 5) is 0. The number of hydrogen-bond donors (Lipinski definition) is 0. The van der Waals surface area contributed by atoms with Crippen molar-refractivity contribution < 1.29 is 4.74 Å². The molecule has 0 saturated heterocycles. The van der Waals surface area contributed by atoms with Gasteiger partial charge in [0.15, 0.2) is 0 Å². The number of para-hydroxylation sites is 1. The first kappa shape index (κ1) is 24.0. The Kier molecular flexibility index (Phi) is 5.15.